The zero-order valence-corrected chi connectivity index (χ0v) is 11.3. The fourth-order valence-corrected chi connectivity index (χ4v) is 2.40. The molecule has 1 N–H and O–H groups in total. The molecule has 18 heavy (non-hydrogen) atoms. The van der Waals surface area contributed by atoms with Crippen LogP contribution in [0.2, 0.25) is 0 Å². The standard InChI is InChI=1S/C12H13BrF3NO/c1-18-9-5-8(6-9)17-11-3-2-7(4-10(11)13)12(14,15)16/h2-4,8-9,17H,5-6H2,1H3. The molecule has 2 rings (SSSR count). The molecule has 0 saturated heterocycles. The van der Waals surface area contributed by atoms with Crippen molar-refractivity contribution in [1.29, 1.82) is 0 Å². The second kappa shape index (κ2) is 5.09. The number of halogens is 4. The second-order valence-corrected chi connectivity index (χ2v) is 5.22. The molecule has 2 nitrogen and oxygen atoms in total. The predicted octanol–water partition coefficient (Wildman–Crippen LogP) is 4.06. The van der Waals surface area contributed by atoms with Crippen LogP contribution in [0.1, 0.15) is 18.4 Å². The minimum Gasteiger partial charge on any atom is -0.381 e. The van der Waals surface area contributed by atoms with E-state index in [4.69, 9.17) is 4.74 Å². The molecule has 0 aliphatic heterocycles. The van der Waals surface area contributed by atoms with Gasteiger partial charge in [-0.3, -0.25) is 0 Å². The molecule has 1 aromatic carbocycles. The van der Waals surface area contributed by atoms with Gasteiger partial charge in [0.1, 0.15) is 0 Å². The normalized spacial score (nSPS) is 23.6. The van der Waals surface area contributed by atoms with E-state index in [9.17, 15) is 13.2 Å². The van der Waals surface area contributed by atoms with Crippen molar-refractivity contribution in [2.24, 2.45) is 0 Å². The molecule has 1 aliphatic rings. The quantitative estimate of drug-likeness (QED) is 0.905. The lowest BCUT2D eigenvalue weighted by Gasteiger charge is -2.35. The van der Waals surface area contributed by atoms with E-state index in [2.05, 4.69) is 21.2 Å². The van der Waals surface area contributed by atoms with Crippen molar-refractivity contribution in [3.8, 4) is 0 Å². The van der Waals surface area contributed by atoms with E-state index in [1.807, 2.05) is 0 Å². The first-order chi connectivity index (χ1) is 8.40. The molecule has 1 fully saturated rings. The van der Waals surface area contributed by atoms with Gasteiger partial charge >= 0.3 is 6.18 Å². The van der Waals surface area contributed by atoms with E-state index < -0.39 is 11.7 Å². The van der Waals surface area contributed by atoms with Crippen molar-refractivity contribution >= 4 is 21.6 Å². The Morgan fingerprint density at radius 2 is 2.00 bits per heavy atom. The summed E-state index contributed by atoms with van der Waals surface area (Å²) in [5.74, 6) is 0. The minimum absolute atomic E-state index is 0.260. The number of ether oxygens (including phenoxy) is 1. The van der Waals surface area contributed by atoms with Crippen LogP contribution < -0.4 is 5.32 Å². The molecule has 1 aliphatic carbocycles. The van der Waals surface area contributed by atoms with Gasteiger partial charge in [-0.15, -0.1) is 0 Å². The SMILES string of the molecule is COC1CC(Nc2ccc(C(F)(F)F)cc2Br)C1. The number of alkyl halides is 3. The molecular formula is C12H13BrF3NO. The Kier molecular flexibility index (Phi) is 3.87. The molecule has 0 unspecified atom stereocenters. The van der Waals surface area contributed by atoms with E-state index in [-0.39, 0.29) is 12.1 Å². The van der Waals surface area contributed by atoms with Gasteiger partial charge in [0.25, 0.3) is 0 Å². The average molecular weight is 324 g/mol. The lowest BCUT2D eigenvalue weighted by atomic mass is 9.89. The van der Waals surface area contributed by atoms with E-state index >= 15 is 0 Å². The molecule has 1 saturated carbocycles. The molecule has 6 heteroatoms. The van der Waals surface area contributed by atoms with Crippen LogP contribution in [0.3, 0.4) is 0 Å². The zero-order valence-electron chi connectivity index (χ0n) is 9.72. The average Bonchev–Trinajstić information content (AvgIpc) is 2.23. The smallest absolute Gasteiger partial charge is 0.381 e. The number of benzene rings is 1. The summed E-state index contributed by atoms with van der Waals surface area (Å²) in [6.07, 6.45) is -2.29. The Labute approximate surface area is 112 Å². The van der Waals surface area contributed by atoms with Crippen LogP contribution in [0.5, 0.6) is 0 Å². The van der Waals surface area contributed by atoms with Crippen molar-refractivity contribution in [1.82, 2.24) is 0 Å². The lowest BCUT2D eigenvalue weighted by molar-refractivity contribution is -0.137. The number of hydrogen-bond donors (Lipinski definition) is 1. The molecule has 1 aromatic rings. The molecule has 0 amide bonds. The van der Waals surface area contributed by atoms with E-state index in [1.165, 1.54) is 6.07 Å². The van der Waals surface area contributed by atoms with Crippen molar-refractivity contribution in [3.05, 3.63) is 28.2 Å². The van der Waals surface area contributed by atoms with Gasteiger partial charge < -0.3 is 10.1 Å². The Morgan fingerprint density at radius 3 is 2.50 bits per heavy atom. The van der Waals surface area contributed by atoms with Gasteiger partial charge in [0.2, 0.25) is 0 Å². The third-order valence-electron chi connectivity index (χ3n) is 3.08. The third-order valence-corrected chi connectivity index (χ3v) is 3.74. The summed E-state index contributed by atoms with van der Waals surface area (Å²) in [5.41, 5.74) is 0.0332. The van der Waals surface area contributed by atoms with Gasteiger partial charge in [-0.2, -0.15) is 13.2 Å². The first-order valence-corrected chi connectivity index (χ1v) is 6.35. The molecule has 0 heterocycles. The third kappa shape index (κ3) is 2.98. The highest BCUT2D eigenvalue weighted by Crippen LogP contribution is 2.35. The van der Waals surface area contributed by atoms with E-state index in [1.54, 1.807) is 7.11 Å². The minimum atomic E-state index is -4.31. The Bertz CT molecular complexity index is 430. The summed E-state index contributed by atoms with van der Waals surface area (Å²) in [6.45, 7) is 0. The molecule has 100 valence electrons. The van der Waals surface area contributed by atoms with E-state index in [0.29, 0.717) is 10.2 Å². The fraction of sp³-hybridized carbons (Fsp3) is 0.500. The van der Waals surface area contributed by atoms with Crippen LogP contribution in [0, 0.1) is 0 Å². The Hall–Kier alpha value is -0.750. The number of anilines is 1. The van der Waals surface area contributed by atoms with Crippen LogP contribution in [0.15, 0.2) is 22.7 Å². The zero-order chi connectivity index (χ0) is 13.3. The number of rotatable bonds is 3. The summed E-state index contributed by atoms with van der Waals surface area (Å²) in [4.78, 5) is 0. The fourth-order valence-electron chi connectivity index (χ4n) is 1.90. The number of hydrogen-bond acceptors (Lipinski definition) is 2. The molecular weight excluding hydrogens is 311 g/mol. The van der Waals surface area contributed by atoms with Crippen molar-refractivity contribution < 1.29 is 17.9 Å². The Balaban J connectivity index is 2.02. The van der Waals surface area contributed by atoms with Crippen molar-refractivity contribution in [2.75, 3.05) is 12.4 Å². The monoisotopic (exact) mass is 323 g/mol. The maximum absolute atomic E-state index is 12.5. The summed E-state index contributed by atoms with van der Waals surface area (Å²) >= 11 is 3.16. The van der Waals surface area contributed by atoms with Crippen LogP contribution in [-0.4, -0.2) is 19.3 Å². The summed E-state index contributed by atoms with van der Waals surface area (Å²) in [7, 11) is 1.66. The van der Waals surface area contributed by atoms with Crippen molar-refractivity contribution in [2.45, 2.75) is 31.2 Å². The maximum Gasteiger partial charge on any atom is 0.416 e. The van der Waals surface area contributed by atoms with Gasteiger partial charge in [0.05, 0.1) is 11.7 Å². The second-order valence-electron chi connectivity index (χ2n) is 4.36. The van der Waals surface area contributed by atoms with Crippen LogP contribution >= 0.6 is 15.9 Å². The highest BCUT2D eigenvalue weighted by molar-refractivity contribution is 9.10. The van der Waals surface area contributed by atoms with Crippen molar-refractivity contribution in [3.63, 3.8) is 0 Å². The maximum atomic E-state index is 12.5. The summed E-state index contributed by atoms with van der Waals surface area (Å²) < 4.78 is 43.0. The number of nitrogens with one attached hydrogen (secondary N) is 1. The van der Waals surface area contributed by atoms with Gasteiger partial charge in [-0.1, -0.05) is 0 Å². The molecule has 0 radical (unpaired) electrons. The largest absolute Gasteiger partial charge is 0.416 e. The predicted molar refractivity (Wildman–Crippen MR) is 66.6 cm³/mol. The lowest BCUT2D eigenvalue weighted by Crippen LogP contribution is -2.40. The summed E-state index contributed by atoms with van der Waals surface area (Å²) in [5, 5.41) is 3.20. The molecule has 0 spiro atoms. The first kappa shape index (κ1) is 13.7. The molecule has 0 aromatic heterocycles. The molecule has 0 bridgehead atoms. The van der Waals surface area contributed by atoms with E-state index in [0.717, 1.165) is 25.0 Å². The molecule has 0 atom stereocenters. The number of methoxy groups -OCH3 is 1. The van der Waals surface area contributed by atoms with Gasteiger partial charge in [0.15, 0.2) is 0 Å². The topological polar surface area (TPSA) is 21.3 Å². The van der Waals surface area contributed by atoms with Crippen LogP contribution in [-0.2, 0) is 10.9 Å². The highest BCUT2D eigenvalue weighted by atomic mass is 79.9. The Morgan fingerprint density at radius 1 is 1.33 bits per heavy atom. The van der Waals surface area contributed by atoms with Crippen LogP contribution in [0.25, 0.3) is 0 Å². The highest BCUT2D eigenvalue weighted by Gasteiger charge is 2.32. The van der Waals surface area contributed by atoms with Crippen LogP contribution in [0.4, 0.5) is 18.9 Å². The van der Waals surface area contributed by atoms with Gasteiger partial charge in [0, 0.05) is 23.3 Å². The van der Waals surface area contributed by atoms with Gasteiger partial charge in [-0.25, -0.2) is 0 Å². The first-order valence-electron chi connectivity index (χ1n) is 5.56. The summed E-state index contributed by atoms with van der Waals surface area (Å²) in [6, 6.07) is 3.89. The van der Waals surface area contributed by atoms with Gasteiger partial charge in [-0.05, 0) is 47.0 Å².